The van der Waals surface area contributed by atoms with Crippen LogP contribution in [0.1, 0.15) is 16.1 Å². The van der Waals surface area contributed by atoms with Gasteiger partial charge in [0.15, 0.2) is 11.5 Å². The van der Waals surface area contributed by atoms with Crippen LogP contribution in [0.5, 0.6) is 11.5 Å². The molecule has 0 saturated carbocycles. The number of nitrogens with one attached hydrogen (secondary N) is 2. The highest BCUT2D eigenvalue weighted by atomic mass is 16.5. The SMILES string of the molecule is COc1ccc(-c2cc(C(=O)NN=Cc3ccccc3)[nH]n2)cc1OC. The third-order valence-corrected chi connectivity index (χ3v) is 3.68. The van der Waals surface area contributed by atoms with Crippen molar-refractivity contribution in [1.82, 2.24) is 15.6 Å². The summed E-state index contributed by atoms with van der Waals surface area (Å²) in [5.74, 6) is 0.836. The lowest BCUT2D eigenvalue weighted by molar-refractivity contribution is 0.0950. The lowest BCUT2D eigenvalue weighted by Gasteiger charge is -2.08. The highest BCUT2D eigenvalue weighted by molar-refractivity contribution is 5.94. The van der Waals surface area contributed by atoms with Gasteiger partial charge in [-0.15, -0.1) is 0 Å². The molecule has 0 aliphatic rings. The Morgan fingerprint density at radius 2 is 1.85 bits per heavy atom. The summed E-state index contributed by atoms with van der Waals surface area (Å²) in [7, 11) is 3.14. The number of carbonyl (C=O) groups is 1. The second-order valence-corrected chi connectivity index (χ2v) is 5.35. The summed E-state index contributed by atoms with van der Waals surface area (Å²) in [6.07, 6.45) is 1.57. The molecule has 0 aliphatic carbocycles. The third kappa shape index (κ3) is 3.89. The van der Waals surface area contributed by atoms with E-state index in [4.69, 9.17) is 9.47 Å². The van der Waals surface area contributed by atoms with Gasteiger partial charge in [0.2, 0.25) is 0 Å². The van der Waals surface area contributed by atoms with Crippen LogP contribution in [0.2, 0.25) is 0 Å². The zero-order valence-corrected chi connectivity index (χ0v) is 14.4. The Morgan fingerprint density at radius 3 is 2.58 bits per heavy atom. The van der Waals surface area contributed by atoms with Crippen molar-refractivity contribution in [2.24, 2.45) is 5.10 Å². The number of hydrogen-bond acceptors (Lipinski definition) is 5. The molecule has 1 amide bonds. The van der Waals surface area contributed by atoms with Crippen molar-refractivity contribution in [2.75, 3.05) is 14.2 Å². The number of rotatable bonds is 6. The van der Waals surface area contributed by atoms with Gasteiger partial charge in [-0.05, 0) is 29.8 Å². The number of hydrogen-bond donors (Lipinski definition) is 2. The lowest BCUT2D eigenvalue weighted by atomic mass is 10.1. The number of nitrogens with zero attached hydrogens (tertiary/aromatic N) is 2. The second-order valence-electron chi connectivity index (χ2n) is 5.35. The molecule has 3 rings (SSSR count). The molecular formula is C19H18N4O3. The molecule has 0 atom stereocenters. The third-order valence-electron chi connectivity index (χ3n) is 3.68. The normalized spacial score (nSPS) is 10.7. The molecule has 0 bridgehead atoms. The van der Waals surface area contributed by atoms with Crippen LogP contribution < -0.4 is 14.9 Å². The molecule has 2 N–H and O–H groups in total. The fourth-order valence-electron chi connectivity index (χ4n) is 2.35. The van der Waals surface area contributed by atoms with E-state index in [0.717, 1.165) is 11.1 Å². The van der Waals surface area contributed by atoms with Gasteiger partial charge in [0, 0.05) is 5.56 Å². The van der Waals surface area contributed by atoms with Crippen LogP contribution in [-0.2, 0) is 0 Å². The molecule has 7 heteroatoms. The average molecular weight is 350 g/mol. The predicted molar refractivity (Wildman–Crippen MR) is 98.6 cm³/mol. The molecule has 0 spiro atoms. The van der Waals surface area contributed by atoms with Crippen LogP contribution in [0.4, 0.5) is 0 Å². The number of hydrazone groups is 1. The van der Waals surface area contributed by atoms with Crippen LogP contribution in [0.25, 0.3) is 11.3 Å². The van der Waals surface area contributed by atoms with Crippen LogP contribution >= 0.6 is 0 Å². The van der Waals surface area contributed by atoms with Gasteiger partial charge >= 0.3 is 0 Å². The number of benzene rings is 2. The van der Waals surface area contributed by atoms with E-state index < -0.39 is 0 Å². The summed E-state index contributed by atoms with van der Waals surface area (Å²) < 4.78 is 10.5. The Hall–Kier alpha value is -3.61. The largest absolute Gasteiger partial charge is 0.493 e. The standard InChI is InChI=1S/C19H18N4O3/c1-25-17-9-8-14(10-18(17)26-2)15-11-16(22-21-15)19(24)23-20-12-13-6-4-3-5-7-13/h3-12H,1-2H3,(H,21,22)(H,23,24). The summed E-state index contributed by atoms with van der Waals surface area (Å²) in [5.41, 5.74) is 5.08. The molecule has 0 fully saturated rings. The number of aromatic amines is 1. The lowest BCUT2D eigenvalue weighted by Crippen LogP contribution is -2.17. The van der Waals surface area contributed by atoms with Gasteiger partial charge in [0.25, 0.3) is 5.91 Å². The smallest absolute Gasteiger partial charge is 0.289 e. The van der Waals surface area contributed by atoms with E-state index in [1.165, 1.54) is 0 Å². The Kier molecular flexibility index (Phi) is 5.28. The van der Waals surface area contributed by atoms with Crippen molar-refractivity contribution >= 4 is 12.1 Å². The maximum Gasteiger partial charge on any atom is 0.289 e. The van der Waals surface area contributed by atoms with Gasteiger partial charge in [-0.25, -0.2) is 5.43 Å². The zero-order valence-electron chi connectivity index (χ0n) is 14.4. The van der Waals surface area contributed by atoms with E-state index in [-0.39, 0.29) is 5.91 Å². The summed E-state index contributed by atoms with van der Waals surface area (Å²) in [6, 6.07) is 16.6. The van der Waals surface area contributed by atoms with E-state index >= 15 is 0 Å². The minimum Gasteiger partial charge on any atom is -0.493 e. The van der Waals surface area contributed by atoms with E-state index in [0.29, 0.717) is 22.9 Å². The van der Waals surface area contributed by atoms with Crippen molar-refractivity contribution < 1.29 is 14.3 Å². The van der Waals surface area contributed by atoms with E-state index in [1.54, 1.807) is 38.6 Å². The quantitative estimate of drug-likeness (QED) is 0.528. The van der Waals surface area contributed by atoms with Crippen molar-refractivity contribution in [2.45, 2.75) is 0 Å². The van der Waals surface area contributed by atoms with Gasteiger partial charge < -0.3 is 9.47 Å². The molecule has 0 unspecified atom stereocenters. The number of H-pyrrole nitrogens is 1. The highest BCUT2D eigenvalue weighted by Gasteiger charge is 2.12. The maximum absolute atomic E-state index is 12.2. The van der Waals surface area contributed by atoms with Gasteiger partial charge in [-0.1, -0.05) is 30.3 Å². The predicted octanol–water partition coefficient (Wildman–Crippen LogP) is 2.86. The molecule has 0 saturated heterocycles. The van der Waals surface area contributed by atoms with Crippen molar-refractivity contribution in [3.8, 4) is 22.8 Å². The molecule has 2 aromatic carbocycles. The Morgan fingerprint density at radius 1 is 1.08 bits per heavy atom. The Labute approximate surface area is 150 Å². The van der Waals surface area contributed by atoms with Gasteiger partial charge in [-0.3, -0.25) is 9.89 Å². The minimum absolute atomic E-state index is 0.306. The fourth-order valence-corrected chi connectivity index (χ4v) is 2.35. The first-order chi connectivity index (χ1) is 12.7. The zero-order chi connectivity index (χ0) is 18.4. The molecule has 132 valence electrons. The summed E-state index contributed by atoms with van der Waals surface area (Å²) in [4.78, 5) is 12.2. The maximum atomic E-state index is 12.2. The van der Waals surface area contributed by atoms with Crippen LogP contribution in [0.3, 0.4) is 0 Å². The number of carbonyl (C=O) groups excluding carboxylic acids is 1. The van der Waals surface area contributed by atoms with Gasteiger partial charge in [0.1, 0.15) is 5.69 Å². The summed E-state index contributed by atoms with van der Waals surface area (Å²) in [5, 5.41) is 10.8. The van der Waals surface area contributed by atoms with Crippen molar-refractivity contribution in [1.29, 1.82) is 0 Å². The van der Waals surface area contributed by atoms with Crippen molar-refractivity contribution in [3.05, 3.63) is 65.9 Å². The number of amides is 1. The van der Waals surface area contributed by atoms with Crippen LogP contribution in [-0.4, -0.2) is 36.5 Å². The molecule has 7 nitrogen and oxygen atoms in total. The molecule has 26 heavy (non-hydrogen) atoms. The highest BCUT2D eigenvalue weighted by Crippen LogP contribution is 2.31. The number of methoxy groups -OCH3 is 2. The van der Waals surface area contributed by atoms with E-state index in [2.05, 4.69) is 20.7 Å². The van der Waals surface area contributed by atoms with E-state index in [9.17, 15) is 4.79 Å². The fraction of sp³-hybridized carbons (Fsp3) is 0.105. The summed E-state index contributed by atoms with van der Waals surface area (Å²) >= 11 is 0. The molecule has 0 radical (unpaired) electrons. The van der Waals surface area contributed by atoms with Crippen LogP contribution in [0.15, 0.2) is 59.7 Å². The summed E-state index contributed by atoms with van der Waals surface area (Å²) in [6.45, 7) is 0. The van der Waals surface area contributed by atoms with E-state index in [1.807, 2.05) is 36.4 Å². The Bertz CT molecular complexity index is 920. The first kappa shape index (κ1) is 17.2. The average Bonchev–Trinajstić information content (AvgIpc) is 3.18. The first-order valence-electron chi connectivity index (χ1n) is 7.87. The monoisotopic (exact) mass is 350 g/mol. The topological polar surface area (TPSA) is 88.6 Å². The second kappa shape index (κ2) is 7.98. The molecule has 1 heterocycles. The van der Waals surface area contributed by atoms with Gasteiger partial charge in [0.05, 0.1) is 26.1 Å². The Balaban J connectivity index is 1.71. The molecule has 0 aliphatic heterocycles. The molecular weight excluding hydrogens is 332 g/mol. The number of ether oxygens (including phenoxy) is 2. The van der Waals surface area contributed by atoms with Gasteiger partial charge in [-0.2, -0.15) is 10.2 Å². The molecule has 3 aromatic rings. The first-order valence-corrected chi connectivity index (χ1v) is 7.87. The van der Waals surface area contributed by atoms with Crippen molar-refractivity contribution in [3.63, 3.8) is 0 Å². The molecule has 1 aromatic heterocycles. The number of aromatic nitrogens is 2. The minimum atomic E-state index is -0.378. The van der Waals surface area contributed by atoms with Crippen LogP contribution in [0, 0.1) is 0 Å².